The summed E-state index contributed by atoms with van der Waals surface area (Å²) < 4.78 is 0. The molecule has 1 aromatic carbocycles. The van der Waals surface area contributed by atoms with E-state index in [0.717, 1.165) is 11.3 Å². The molecule has 0 saturated carbocycles. The van der Waals surface area contributed by atoms with Gasteiger partial charge in [0.25, 0.3) is 0 Å². The molecule has 0 bridgehead atoms. The minimum atomic E-state index is -0.980. The second-order valence-electron chi connectivity index (χ2n) is 7.17. The van der Waals surface area contributed by atoms with Crippen LogP contribution < -0.4 is 16.8 Å². The Hall–Kier alpha value is -2.63. The number of aliphatic carboxylic acids is 3. The van der Waals surface area contributed by atoms with Crippen molar-refractivity contribution in [2.75, 3.05) is 12.0 Å². The van der Waals surface area contributed by atoms with Crippen molar-refractivity contribution < 1.29 is 34.5 Å². The fraction of sp³-hybridized carbons (Fsp3) is 0.524. The molecule has 0 aliphatic carbocycles. The standard InChI is InChI=1S/C9H11NO2.C6H11NO3S.C6H13NO2/c10-8(9(11)12)6-7-4-2-1-3-5-7;1-11-3-2-5(6(9)10)7-4-8;1-4(2)3-5(7)6(8)9/h1-5,8H,6,10H2,(H,11,12);4-5H,2-3H2,1H3,(H,7,8)(H,9,10);4-5H,3,7H2,1-2H3,(H,8,9). The summed E-state index contributed by atoms with van der Waals surface area (Å²) in [7, 11) is 0. The maximum Gasteiger partial charge on any atom is 0.326 e. The average Bonchev–Trinajstić information content (AvgIpc) is 2.72. The molecule has 0 aromatic heterocycles. The Bertz CT molecular complexity index is 675. The number of carbonyl (C=O) groups excluding carboxylic acids is 1. The summed E-state index contributed by atoms with van der Waals surface area (Å²) in [4.78, 5) is 40.8. The van der Waals surface area contributed by atoms with Crippen molar-refractivity contribution in [3.05, 3.63) is 35.9 Å². The van der Waals surface area contributed by atoms with Crippen molar-refractivity contribution in [2.24, 2.45) is 17.4 Å². The van der Waals surface area contributed by atoms with Gasteiger partial charge in [-0.2, -0.15) is 11.8 Å². The number of benzene rings is 1. The van der Waals surface area contributed by atoms with Gasteiger partial charge in [0, 0.05) is 0 Å². The van der Waals surface area contributed by atoms with E-state index in [1.165, 1.54) is 0 Å². The van der Waals surface area contributed by atoms with Crippen LogP contribution in [0.25, 0.3) is 0 Å². The van der Waals surface area contributed by atoms with Crippen LogP contribution in [0.5, 0.6) is 0 Å². The fourth-order valence-electron chi connectivity index (χ4n) is 2.16. The van der Waals surface area contributed by atoms with Gasteiger partial charge in [-0.3, -0.25) is 14.4 Å². The third-order valence-electron chi connectivity index (χ3n) is 3.84. The molecule has 1 aromatic rings. The number of carboxylic acids is 3. The summed E-state index contributed by atoms with van der Waals surface area (Å²) in [5, 5.41) is 27.5. The van der Waals surface area contributed by atoms with Crippen LogP contribution in [0.2, 0.25) is 0 Å². The van der Waals surface area contributed by atoms with E-state index in [4.69, 9.17) is 26.8 Å². The number of nitrogens with one attached hydrogen (secondary N) is 1. The van der Waals surface area contributed by atoms with Crippen molar-refractivity contribution in [1.82, 2.24) is 5.32 Å². The van der Waals surface area contributed by atoms with E-state index in [-0.39, 0.29) is 0 Å². The highest BCUT2D eigenvalue weighted by Crippen LogP contribution is 2.02. The highest BCUT2D eigenvalue weighted by Gasteiger charge is 2.14. The zero-order chi connectivity index (χ0) is 25.1. The lowest BCUT2D eigenvalue weighted by atomic mass is 10.1. The van der Waals surface area contributed by atoms with Gasteiger partial charge in [-0.1, -0.05) is 44.2 Å². The summed E-state index contributed by atoms with van der Waals surface area (Å²) in [6, 6.07) is 7.12. The molecule has 0 radical (unpaired) electrons. The normalized spacial score (nSPS) is 12.7. The zero-order valence-corrected chi connectivity index (χ0v) is 19.5. The first-order valence-electron chi connectivity index (χ1n) is 9.88. The van der Waals surface area contributed by atoms with Gasteiger partial charge < -0.3 is 32.1 Å². The predicted molar refractivity (Wildman–Crippen MR) is 124 cm³/mol. The first-order chi connectivity index (χ1) is 15.0. The summed E-state index contributed by atoms with van der Waals surface area (Å²) in [6.07, 6.45) is 3.71. The number of carbonyl (C=O) groups is 4. The van der Waals surface area contributed by atoms with E-state index < -0.39 is 36.0 Å². The van der Waals surface area contributed by atoms with Crippen molar-refractivity contribution in [2.45, 2.75) is 51.2 Å². The fourth-order valence-corrected chi connectivity index (χ4v) is 2.63. The Morgan fingerprint density at radius 3 is 1.88 bits per heavy atom. The van der Waals surface area contributed by atoms with E-state index in [1.807, 2.05) is 50.4 Å². The minimum Gasteiger partial charge on any atom is -0.480 e. The Morgan fingerprint density at radius 1 is 1.00 bits per heavy atom. The van der Waals surface area contributed by atoms with Crippen LogP contribution in [0.15, 0.2) is 30.3 Å². The molecule has 0 aliphatic heterocycles. The summed E-state index contributed by atoms with van der Waals surface area (Å²) in [5.74, 6) is -1.76. The quantitative estimate of drug-likeness (QED) is 0.239. The van der Waals surface area contributed by atoms with Crippen molar-refractivity contribution in [3.63, 3.8) is 0 Å². The molecular weight excluding hydrogens is 438 g/mol. The molecular formula is C21H35N3O7S. The molecule has 11 heteroatoms. The number of hydrogen-bond acceptors (Lipinski definition) is 7. The molecule has 182 valence electrons. The Kier molecular flexibility index (Phi) is 18.8. The highest BCUT2D eigenvalue weighted by atomic mass is 32.2. The van der Waals surface area contributed by atoms with E-state index in [1.54, 1.807) is 11.8 Å². The topological polar surface area (TPSA) is 193 Å². The van der Waals surface area contributed by atoms with Crippen molar-refractivity contribution in [1.29, 1.82) is 0 Å². The molecule has 0 aliphatic rings. The average molecular weight is 474 g/mol. The molecule has 1 amide bonds. The second-order valence-corrected chi connectivity index (χ2v) is 8.15. The Morgan fingerprint density at radius 2 is 1.53 bits per heavy atom. The Labute approximate surface area is 192 Å². The highest BCUT2D eigenvalue weighted by molar-refractivity contribution is 7.98. The van der Waals surface area contributed by atoms with Gasteiger partial charge in [0.2, 0.25) is 6.41 Å². The molecule has 10 nitrogen and oxygen atoms in total. The van der Waals surface area contributed by atoms with Crippen LogP contribution in [0.4, 0.5) is 0 Å². The van der Waals surface area contributed by atoms with Gasteiger partial charge in [-0.25, -0.2) is 4.79 Å². The second kappa shape index (κ2) is 19.1. The van der Waals surface area contributed by atoms with Crippen LogP contribution >= 0.6 is 11.8 Å². The molecule has 1 rings (SSSR count). The first-order valence-corrected chi connectivity index (χ1v) is 11.3. The molecule has 3 unspecified atom stereocenters. The molecule has 0 saturated heterocycles. The van der Waals surface area contributed by atoms with E-state index >= 15 is 0 Å². The van der Waals surface area contributed by atoms with Crippen LogP contribution in [-0.4, -0.2) is 69.8 Å². The maximum atomic E-state index is 10.4. The van der Waals surface area contributed by atoms with E-state index in [0.29, 0.717) is 31.6 Å². The SMILES string of the molecule is CC(C)CC(N)C(=O)O.CSCCC(NC=O)C(=O)O.NC(Cc1ccccc1)C(=O)O. The Balaban J connectivity index is 0. The summed E-state index contributed by atoms with van der Waals surface area (Å²) in [5.41, 5.74) is 11.5. The van der Waals surface area contributed by atoms with Crippen molar-refractivity contribution >= 4 is 36.1 Å². The molecule has 3 atom stereocenters. The van der Waals surface area contributed by atoms with Gasteiger partial charge in [-0.05, 0) is 42.8 Å². The van der Waals surface area contributed by atoms with Gasteiger partial charge >= 0.3 is 17.9 Å². The lowest BCUT2D eigenvalue weighted by molar-refractivity contribution is -0.140. The smallest absolute Gasteiger partial charge is 0.326 e. The molecule has 0 fully saturated rings. The van der Waals surface area contributed by atoms with Crippen LogP contribution in [-0.2, 0) is 25.6 Å². The lowest BCUT2D eigenvalue weighted by Crippen LogP contribution is -2.36. The lowest BCUT2D eigenvalue weighted by Gasteiger charge is -2.08. The van der Waals surface area contributed by atoms with E-state index in [9.17, 15) is 19.2 Å². The first kappa shape index (κ1) is 31.6. The zero-order valence-electron chi connectivity index (χ0n) is 18.6. The van der Waals surface area contributed by atoms with Gasteiger partial charge in [0.1, 0.15) is 18.1 Å². The molecule has 0 heterocycles. The van der Waals surface area contributed by atoms with Gasteiger partial charge in [-0.15, -0.1) is 0 Å². The third-order valence-corrected chi connectivity index (χ3v) is 4.48. The number of nitrogens with two attached hydrogens (primary N) is 2. The van der Waals surface area contributed by atoms with E-state index in [2.05, 4.69) is 5.32 Å². The largest absolute Gasteiger partial charge is 0.480 e. The van der Waals surface area contributed by atoms with Crippen molar-refractivity contribution in [3.8, 4) is 0 Å². The van der Waals surface area contributed by atoms with Gasteiger partial charge in [0.05, 0.1) is 0 Å². The van der Waals surface area contributed by atoms with Crippen LogP contribution in [0, 0.1) is 5.92 Å². The molecule has 0 spiro atoms. The molecule has 8 N–H and O–H groups in total. The number of amides is 1. The monoisotopic (exact) mass is 473 g/mol. The van der Waals surface area contributed by atoms with Crippen LogP contribution in [0.1, 0.15) is 32.3 Å². The number of thioether (sulfide) groups is 1. The number of carboxylic acid groups (broad SMARTS) is 3. The van der Waals surface area contributed by atoms with Gasteiger partial charge in [0.15, 0.2) is 0 Å². The summed E-state index contributed by atoms with van der Waals surface area (Å²) >= 11 is 1.55. The predicted octanol–water partition coefficient (Wildman–Crippen LogP) is 1.02. The number of rotatable bonds is 12. The molecule has 32 heavy (non-hydrogen) atoms. The number of hydrogen-bond donors (Lipinski definition) is 6. The minimum absolute atomic E-state index is 0.357. The maximum absolute atomic E-state index is 10.4. The third kappa shape index (κ3) is 18.2. The van der Waals surface area contributed by atoms with Crippen LogP contribution in [0.3, 0.4) is 0 Å². The summed E-state index contributed by atoms with van der Waals surface area (Å²) in [6.45, 7) is 3.89.